The summed E-state index contributed by atoms with van der Waals surface area (Å²) in [5.41, 5.74) is 2.30. The van der Waals surface area contributed by atoms with E-state index in [9.17, 15) is 0 Å². The van der Waals surface area contributed by atoms with E-state index in [1.54, 1.807) is 0 Å². The summed E-state index contributed by atoms with van der Waals surface area (Å²) in [5.74, 6) is 5.77. The van der Waals surface area contributed by atoms with Crippen LogP contribution in [0.4, 0.5) is 0 Å². The van der Waals surface area contributed by atoms with Gasteiger partial charge in [-0.1, -0.05) is 46.3 Å². The lowest BCUT2D eigenvalue weighted by Crippen LogP contribution is -1.94. The summed E-state index contributed by atoms with van der Waals surface area (Å²) in [7, 11) is 0. The molecule has 4 heteroatoms. The number of hydrogen-bond acceptors (Lipinski definition) is 4. The van der Waals surface area contributed by atoms with Crippen molar-refractivity contribution in [3.8, 4) is 27.6 Å². The van der Waals surface area contributed by atoms with Crippen molar-refractivity contribution in [3.05, 3.63) is 29.8 Å². The molecule has 0 saturated carbocycles. The molecule has 0 radical (unpaired) electrons. The van der Waals surface area contributed by atoms with E-state index in [2.05, 4.69) is 41.1 Å². The highest BCUT2D eigenvalue weighted by Gasteiger charge is 2.06. The zero-order valence-corrected chi connectivity index (χ0v) is 11.3. The van der Waals surface area contributed by atoms with Crippen LogP contribution in [0.2, 0.25) is 0 Å². The maximum atomic E-state index is 5.48. The second kappa shape index (κ2) is 6.18. The molecule has 0 saturated heterocycles. The van der Waals surface area contributed by atoms with E-state index in [-0.39, 0.29) is 0 Å². The van der Waals surface area contributed by atoms with E-state index >= 15 is 0 Å². The van der Waals surface area contributed by atoms with Crippen LogP contribution in [0.25, 0.3) is 10.6 Å². The van der Waals surface area contributed by atoms with Crippen LogP contribution in [0.3, 0.4) is 0 Å². The molecule has 0 aliphatic heterocycles. The van der Waals surface area contributed by atoms with Crippen LogP contribution in [0, 0.1) is 18.8 Å². The number of aromatic nitrogens is 2. The van der Waals surface area contributed by atoms with E-state index in [4.69, 9.17) is 4.74 Å². The Balaban J connectivity index is 2.00. The highest BCUT2D eigenvalue weighted by Crippen LogP contribution is 2.27. The van der Waals surface area contributed by atoms with Crippen LogP contribution >= 0.6 is 11.3 Å². The van der Waals surface area contributed by atoms with Gasteiger partial charge in [-0.2, -0.15) is 0 Å². The predicted molar refractivity (Wildman–Crippen MR) is 73.6 cm³/mol. The Labute approximate surface area is 111 Å². The Bertz CT molecular complexity index is 563. The largest absolute Gasteiger partial charge is 0.468 e. The number of nitrogens with zero attached hydrogens (tertiary/aromatic N) is 2. The third-order valence-electron chi connectivity index (χ3n) is 2.33. The van der Waals surface area contributed by atoms with Crippen molar-refractivity contribution in [1.82, 2.24) is 10.2 Å². The minimum absolute atomic E-state index is 0.559. The maximum absolute atomic E-state index is 5.48. The van der Waals surface area contributed by atoms with Crippen LogP contribution in [0.15, 0.2) is 24.3 Å². The van der Waals surface area contributed by atoms with Gasteiger partial charge in [0.15, 0.2) is 5.01 Å². The molecule has 0 atom stereocenters. The molecule has 1 heterocycles. The molecule has 0 N–H and O–H groups in total. The average molecular weight is 258 g/mol. The summed E-state index contributed by atoms with van der Waals surface area (Å²) in [6, 6.07) is 8.21. The zero-order chi connectivity index (χ0) is 12.8. The Kier molecular flexibility index (Phi) is 4.32. The third-order valence-corrected chi connectivity index (χ3v) is 3.22. The molecular formula is C14H14N2OS. The topological polar surface area (TPSA) is 35.0 Å². The predicted octanol–water partition coefficient (Wildman–Crippen LogP) is 3.31. The van der Waals surface area contributed by atoms with Crippen molar-refractivity contribution in [2.24, 2.45) is 0 Å². The molecular weight excluding hydrogens is 244 g/mol. The highest BCUT2D eigenvalue weighted by atomic mass is 32.1. The highest BCUT2D eigenvalue weighted by molar-refractivity contribution is 7.16. The molecule has 1 aromatic heterocycles. The molecule has 92 valence electrons. The van der Waals surface area contributed by atoms with Gasteiger partial charge in [0.05, 0.1) is 0 Å². The van der Waals surface area contributed by atoms with Gasteiger partial charge in [-0.15, -0.1) is 16.9 Å². The lowest BCUT2D eigenvalue weighted by molar-refractivity contribution is 0.322. The summed E-state index contributed by atoms with van der Waals surface area (Å²) in [6.45, 7) is 4.44. The monoisotopic (exact) mass is 258 g/mol. The number of rotatable bonds is 4. The first-order valence-corrected chi connectivity index (χ1v) is 6.54. The van der Waals surface area contributed by atoms with E-state index in [0.717, 1.165) is 17.0 Å². The van der Waals surface area contributed by atoms with Crippen LogP contribution in [0.5, 0.6) is 5.19 Å². The molecule has 1 aromatic carbocycles. The summed E-state index contributed by atoms with van der Waals surface area (Å²) >= 11 is 1.46. The van der Waals surface area contributed by atoms with Crippen molar-refractivity contribution < 1.29 is 4.74 Å². The second-order valence-corrected chi connectivity index (χ2v) is 4.70. The van der Waals surface area contributed by atoms with Gasteiger partial charge in [0.25, 0.3) is 5.19 Å². The summed E-state index contributed by atoms with van der Waals surface area (Å²) in [4.78, 5) is 0. The van der Waals surface area contributed by atoms with Crippen LogP contribution < -0.4 is 4.74 Å². The first-order chi connectivity index (χ1) is 8.79. The fraction of sp³-hybridized carbons (Fsp3) is 0.286. The fourth-order valence-corrected chi connectivity index (χ4v) is 2.12. The smallest absolute Gasteiger partial charge is 0.294 e. The molecule has 0 spiro atoms. The molecule has 0 fully saturated rings. The fourth-order valence-electron chi connectivity index (χ4n) is 1.40. The van der Waals surface area contributed by atoms with E-state index < -0.39 is 0 Å². The molecule has 2 rings (SSSR count). The molecule has 0 aliphatic rings. The quantitative estimate of drug-likeness (QED) is 0.623. The van der Waals surface area contributed by atoms with Gasteiger partial charge in [0.1, 0.15) is 6.61 Å². The van der Waals surface area contributed by atoms with Crippen LogP contribution in [-0.4, -0.2) is 16.8 Å². The standard InChI is InChI=1S/C14H14N2OS/c1-3-4-5-10-17-14-16-15-13(18-14)12-8-6-11(2)7-9-12/h6-9H,5,10H2,1-2H3. The lowest BCUT2D eigenvalue weighted by Gasteiger charge is -1.96. The Morgan fingerprint density at radius 1 is 1.22 bits per heavy atom. The van der Waals surface area contributed by atoms with Crippen molar-refractivity contribution in [3.63, 3.8) is 0 Å². The minimum Gasteiger partial charge on any atom is -0.468 e. The Hall–Kier alpha value is -1.86. The van der Waals surface area contributed by atoms with Gasteiger partial charge in [-0.25, -0.2) is 0 Å². The number of aryl methyl sites for hydroxylation is 1. The first-order valence-electron chi connectivity index (χ1n) is 5.72. The Morgan fingerprint density at radius 3 is 2.72 bits per heavy atom. The van der Waals surface area contributed by atoms with Gasteiger partial charge in [0.2, 0.25) is 0 Å². The molecule has 18 heavy (non-hydrogen) atoms. The van der Waals surface area contributed by atoms with Gasteiger partial charge >= 0.3 is 0 Å². The van der Waals surface area contributed by atoms with Crippen molar-refractivity contribution in [2.75, 3.05) is 6.61 Å². The molecule has 3 nitrogen and oxygen atoms in total. The van der Waals surface area contributed by atoms with E-state index in [1.807, 2.05) is 19.1 Å². The van der Waals surface area contributed by atoms with E-state index in [0.29, 0.717) is 11.8 Å². The first kappa shape index (κ1) is 12.6. The second-order valence-electron chi connectivity index (χ2n) is 3.76. The van der Waals surface area contributed by atoms with Crippen LogP contribution in [0.1, 0.15) is 18.9 Å². The minimum atomic E-state index is 0.559. The van der Waals surface area contributed by atoms with E-state index in [1.165, 1.54) is 16.9 Å². The van der Waals surface area contributed by atoms with Crippen molar-refractivity contribution in [1.29, 1.82) is 0 Å². The molecule has 0 bridgehead atoms. The maximum Gasteiger partial charge on any atom is 0.294 e. The molecule has 0 unspecified atom stereocenters. The SMILES string of the molecule is CC#CCCOc1nnc(-c2ccc(C)cc2)s1. The van der Waals surface area contributed by atoms with Crippen molar-refractivity contribution in [2.45, 2.75) is 20.3 Å². The molecule has 2 aromatic rings. The third kappa shape index (κ3) is 3.31. The summed E-state index contributed by atoms with van der Waals surface area (Å²) in [5, 5.41) is 9.61. The van der Waals surface area contributed by atoms with Gasteiger partial charge in [-0.05, 0) is 13.8 Å². The summed E-state index contributed by atoms with van der Waals surface area (Å²) in [6.07, 6.45) is 0.718. The zero-order valence-electron chi connectivity index (χ0n) is 10.4. The number of ether oxygens (including phenoxy) is 1. The van der Waals surface area contributed by atoms with Gasteiger partial charge in [-0.3, -0.25) is 0 Å². The van der Waals surface area contributed by atoms with Crippen molar-refractivity contribution >= 4 is 11.3 Å². The normalized spacial score (nSPS) is 9.67. The molecule has 0 amide bonds. The number of hydrogen-bond donors (Lipinski definition) is 0. The summed E-state index contributed by atoms with van der Waals surface area (Å²) < 4.78 is 5.48. The van der Waals surface area contributed by atoms with Gasteiger partial charge in [0, 0.05) is 12.0 Å². The average Bonchev–Trinajstić information content (AvgIpc) is 2.84. The van der Waals surface area contributed by atoms with Crippen LogP contribution in [-0.2, 0) is 0 Å². The lowest BCUT2D eigenvalue weighted by atomic mass is 10.2. The molecule has 0 aliphatic carbocycles. The Morgan fingerprint density at radius 2 is 2.00 bits per heavy atom. The number of benzene rings is 1. The van der Waals surface area contributed by atoms with Gasteiger partial charge < -0.3 is 4.74 Å².